The standard InChI is InChI=1S/C27H30N4O5/c1-27-13-12-24(34)31(27)21-9-4-2-7-19(21)26(36)30(27)14-6-11-23(33)28-15-17-29(18-16-28)25(35)20-8-3-5-10-22(20)32/h2-5,7-10,32H,6,11-18H2,1H3. The number of rotatable bonds is 5. The number of para-hydroxylation sites is 2. The second-order valence-electron chi connectivity index (χ2n) is 9.71. The summed E-state index contributed by atoms with van der Waals surface area (Å²) in [7, 11) is 0. The Bertz CT molecular complexity index is 1220. The molecule has 0 bridgehead atoms. The van der Waals surface area contributed by atoms with Gasteiger partial charge in [-0.05, 0) is 44.0 Å². The molecule has 2 aromatic carbocycles. The van der Waals surface area contributed by atoms with Gasteiger partial charge in [-0.3, -0.25) is 24.1 Å². The maximum Gasteiger partial charge on any atom is 0.257 e. The Balaban J connectivity index is 1.18. The number of aromatic hydroxyl groups is 1. The molecule has 0 aromatic heterocycles. The molecule has 36 heavy (non-hydrogen) atoms. The Morgan fingerprint density at radius 3 is 2.36 bits per heavy atom. The smallest absolute Gasteiger partial charge is 0.257 e. The van der Waals surface area contributed by atoms with Crippen molar-refractivity contribution < 1.29 is 24.3 Å². The molecule has 0 aliphatic carbocycles. The van der Waals surface area contributed by atoms with Gasteiger partial charge in [0.05, 0.1) is 16.8 Å². The zero-order valence-electron chi connectivity index (χ0n) is 20.4. The van der Waals surface area contributed by atoms with Crippen molar-refractivity contribution in [1.29, 1.82) is 0 Å². The molecular formula is C27H30N4O5. The maximum atomic E-state index is 13.3. The van der Waals surface area contributed by atoms with Gasteiger partial charge in [-0.2, -0.15) is 0 Å². The van der Waals surface area contributed by atoms with Crippen LogP contribution in [0.3, 0.4) is 0 Å². The van der Waals surface area contributed by atoms with Crippen LogP contribution < -0.4 is 4.90 Å². The molecule has 5 rings (SSSR count). The number of anilines is 1. The van der Waals surface area contributed by atoms with Crippen LogP contribution in [-0.4, -0.2) is 81.8 Å². The molecule has 1 N–H and O–H groups in total. The number of carbonyl (C=O) groups excluding carboxylic acids is 4. The molecule has 0 radical (unpaired) electrons. The number of phenols is 1. The molecular weight excluding hydrogens is 460 g/mol. The summed E-state index contributed by atoms with van der Waals surface area (Å²) < 4.78 is 0. The highest BCUT2D eigenvalue weighted by atomic mass is 16.3. The number of hydrogen-bond acceptors (Lipinski definition) is 5. The van der Waals surface area contributed by atoms with Gasteiger partial charge in [0.25, 0.3) is 11.8 Å². The van der Waals surface area contributed by atoms with Crippen molar-refractivity contribution in [2.45, 2.75) is 38.3 Å². The van der Waals surface area contributed by atoms with Crippen molar-refractivity contribution in [2.75, 3.05) is 37.6 Å². The molecule has 9 nitrogen and oxygen atoms in total. The molecule has 4 amide bonds. The second-order valence-corrected chi connectivity index (χ2v) is 9.71. The minimum atomic E-state index is -0.722. The normalized spacial score (nSPS) is 21.5. The Hall–Kier alpha value is -3.88. The van der Waals surface area contributed by atoms with Crippen LogP contribution in [0.1, 0.15) is 53.3 Å². The highest BCUT2D eigenvalue weighted by Crippen LogP contribution is 2.44. The first-order valence-electron chi connectivity index (χ1n) is 12.4. The number of hydrogen-bond donors (Lipinski definition) is 1. The van der Waals surface area contributed by atoms with E-state index in [-0.39, 0.29) is 41.4 Å². The van der Waals surface area contributed by atoms with E-state index in [2.05, 4.69) is 0 Å². The van der Waals surface area contributed by atoms with Crippen molar-refractivity contribution in [2.24, 2.45) is 0 Å². The van der Waals surface area contributed by atoms with Crippen molar-refractivity contribution in [3.63, 3.8) is 0 Å². The van der Waals surface area contributed by atoms with Gasteiger partial charge >= 0.3 is 0 Å². The van der Waals surface area contributed by atoms with Gasteiger partial charge in [-0.1, -0.05) is 24.3 Å². The first-order chi connectivity index (χ1) is 17.3. The Labute approximate surface area is 209 Å². The second kappa shape index (κ2) is 9.29. The van der Waals surface area contributed by atoms with E-state index in [0.29, 0.717) is 63.2 Å². The largest absolute Gasteiger partial charge is 0.507 e. The highest BCUT2D eigenvalue weighted by Gasteiger charge is 2.52. The van der Waals surface area contributed by atoms with E-state index >= 15 is 0 Å². The predicted octanol–water partition coefficient (Wildman–Crippen LogP) is 2.46. The summed E-state index contributed by atoms with van der Waals surface area (Å²) in [5.74, 6) is -0.406. The molecule has 3 aliphatic rings. The molecule has 9 heteroatoms. The van der Waals surface area contributed by atoms with Gasteiger partial charge in [-0.25, -0.2) is 0 Å². The fourth-order valence-electron chi connectivity index (χ4n) is 5.57. The fraction of sp³-hybridized carbons (Fsp3) is 0.407. The van der Waals surface area contributed by atoms with Gasteiger partial charge in [0, 0.05) is 45.6 Å². The number of amides is 4. The van der Waals surface area contributed by atoms with Crippen LogP contribution in [0.25, 0.3) is 0 Å². The summed E-state index contributed by atoms with van der Waals surface area (Å²) in [6.07, 6.45) is 1.72. The summed E-state index contributed by atoms with van der Waals surface area (Å²) in [5, 5.41) is 9.96. The van der Waals surface area contributed by atoms with Gasteiger partial charge in [-0.15, -0.1) is 0 Å². The Morgan fingerprint density at radius 2 is 1.61 bits per heavy atom. The van der Waals surface area contributed by atoms with Crippen LogP contribution in [0, 0.1) is 0 Å². The van der Waals surface area contributed by atoms with Crippen molar-refractivity contribution in [3.8, 4) is 5.75 Å². The number of carbonyl (C=O) groups is 4. The molecule has 2 aromatic rings. The molecule has 3 aliphatic heterocycles. The van der Waals surface area contributed by atoms with Crippen LogP contribution in [0.2, 0.25) is 0 Å². The molecule has 1 unspecified atom stereocenters. The van der Waals surface area contributed by atoms with E-state index in [1.54, 1.807) is 49.9 Å². The molecule has 0 saturated carbocycles. The van der Waals surface area contributed by atoms with E-state index in [0.717, 1.165) is 0 Å². The highest BCUT2D eigenvalue weighted by molar-refractivity contribution is 6.10. The van der Waals surface area contributed by atoms with Crippen LogP contribution in [0.15, 0.2) is 48.5 Å². The van der Waals surface area contributed by atoms with E-state index in [1.165, 1.54) is 6.07 Å². The van der Waals surface area contributed by atoms with E-state index in [1.807, 2.05) is 19.1 Å². The van der Waals surface area contributed by atoms with E-state index in [4.69, 9.17) is 0 Å². The molecule has 2 saturated heterocycles. The summed E-state index contributed by atoms with van der Waals surface area (Å²) in [5.41, 5.74) is 0.719. The summed E-state index contributed by atoms with van der Waals surface area (Å²) in [4.78, 5) is 58.5. The number of benzene rings is 2. The van der Waals surface area contributed by atoms with Crippen LogP contribution >= 0.6 is 0 Å². The van der Waals surface area contributed by atoms with Gasteiger partial charge < -0.3 is 19.8 Å². The van der Waals surface area contributed by atoms with Gasteiger partial charge in [0.2, 0.25) is 11.8 Å². The first-order valence-corrected chi connectivity index (χ1v) is 12.4. The van der Waals surface area contributed by atoms with Gasteiger partial charge in [0.1, 0.15) is 11.4 Å². The lowest BCUT2D eigenvalue weighted by Gasteiger charge is -2.48. The predicted molar refractivity (Wildman–Crippen MR) is 132 cm³/mol. The average Bonchev–Trinajstić information content (AvgIpc) is 3.20. The third kappa shape index (κ3) is 3.98. The summed E-state index contributed by atoms with van der Waals surface area (Å²) in [6.45, 7) is 3.95. The van der Waals surface area contributed by atoms with Crippen LogP contribution in [-0.2, 0) is 9.59 Å². The Morgan fingerprint density at radius 1 is 0.944 bits per heavy atom. The number of nitrogens with zero attached hydrogens (tertiary/aromatic N) is 4. The van der Waals surface area contributed by atoms with Crippen molar-refractivity contribution >= 4 is 29.3 Å². The zero-order valence-corrected chi connectivity index (χ0v) is 20.4. The van der Waals surface area contributed by atoms with Gasteiger partial charge in [0.15, 0.2) is 0 Å². The Kier molecular flexibility index (Phi) is 6.15. The minimum Gasteiger partial charge on any atom is -0.507 e. The average molecular weight is 491 g/mol. The lowest BCUT2D eigenvalue weighted by molar-refractivity contribution is -0.133. The van der Waals surface area contributed by atoms with E-state index in [9.17, 15) is 24.3 Å². The topological polar surface area (TPSA) is 101 Å². The summed E-state index contributed by atoms with van der Waals surface area (Å²) >= 11 is 0. The molecule has 1 atom stereocenters. The molecule has 0 spiro atoms. The van der Waals surface area contributed by atoms with E-state index < -0.39 is 5.66 Å². The lowest BCUT2D eigenvalue weighted by Crippen LogP contribution is -2.62. The minimum absolute atomic E-state index is 0.00904. The third-order valence-electron chi connectivity index (χ3n) is 7.57. The molecule has 2 fully saturated rings. The fourth-order valence-corrected chi connectivity index (χ4v) is 5.57. The summed E-state index contributed by atoms with van der Waals surface area (Å²) in [6, 6.07) is 13.7. The number of phenolic OH excluding ortho intramolecular Hbond substituents is 1. The third-order valence-corrected chi connectivity index (χ3v) is 7.57. The quantitative estimate of drug-likeness (QED) is 0.694. The van der Waals surface area contributed by atoms with Crippen LogP contribution in [0.4, 0.5) is 5.69 Å². The SMILES string of the molecule is CC12CCC(=O)N1c1ccccc1C(=O)N2CCCC(=O)N1CCN(C(=O)c2ccccc2O)CC1. The molecule has 3 heterocycles. The zero-order chi connectivity index (χ0) is 25.4. The molecule has 188 valence electrons. The van der Waals surface area contributed by atoms with Crippen molar-refractivity contribution in [3.05, 3.63) is 59.7 Å². The first kappa shape index (κ1) is 23.8. The monoisotopic (exact) mass is 490 g/mol. The number of piperazine rings is 1. The lowest BCUT2D eigenvalue weighted by atomic mass is 9.98. The van der Waals surface area contributed by atoms with Crippen molar-refractivity contribution in [1.82, 2.24) is 14.7 Å². The van der Waals surface area contributed by atoms with Crippen LogP contribution in [0.5, 0.6) is 5.75 Å². The number of fused-ring (bicyclic) bond motifs is 3. The maximum absolute atomic E-state index is 13.3.